The molecule has 0 amide bonds. The van der Waals surface area contributed by atoms with Gasteiger partial charge in [-0.05, 0) is 61.2 Å². The Hall–Kier alpha value is -1.48. The summed E-state index contributed by atoms with van der Waals surface area (Å²) in [4.78, 5) is 2.47. The van der Waals surface area contributed by atoms with Crippen LogP contribution in [0.25, 0.3) is 0 Å². The van der Waals surface area contributed by atoms with E-state index in [1.54, 1.807) is 0 Å². The molecule has 110 valence electrons. The van der Waals surface area contributed by atoms with E-state index in [0.717, 1.165) is 11.0 Å². The zero-order chi connectivity index (χ0) is 14.7. The second-order valence-electron chi connectivity index (χ2n) is 5.67. The third kappa shape index (κ3) is 3.59. The van der Waals surface area contributed by atoms with Crippen LogP contribution in [-0.4, -0.2) is 13.1 Å². The molecule has 0 saturated carbocycles. The Morgan fingerprint density at radius 3 is 2.43 bits per heavy atom. The van der Waals surface area contributed by atoms with Crippen molar-refractivity contribution in [3.05, 3.63) is 58.1 Å². The molecule has 0 spiro atoms. The predicted octanol–water partition coefficient (Wildman–Crippen LogP) is 4.97. The highest BCUT2D eigenvalue weighted by Crippen LogP contribution is 2.22. The first-order valence-electron chi connectivity index (χ1n) is 7.56. The number of hydrogen-bond donors (Lipinski definition) is 1. The lowest BCUT2D eigenvalue weighted by molar-refractivity contribution is 0.949. The van der Waals surface area contributed by atoms with Gasteiger partial charge in [-0.3, -0.25) is 0 Å². The number of nitrogens with zero attached hydrogens (tertiary/aromatic N) is 1. The fourth-order valence-corrected chi connectivity index (χ4v) is 3.30. The molecule has 21 heavy (non-hydrogen) atoms. The van der Waals surface area contributed by atoms with Gasteiger partial charge in [0, 0.05) is 35.5 Å². The number of halogens is 1. The van der Waals surface area contributed by atoms with Crippen LogP contribution >= 0.6 is 15.9 Å². The van der Waals surface area contributed by atoms with Crippen molar-refractivity contribution in [3.63, 3.8) is 0 Å². The molecule has 1 N–H and O–H groups in total. The van der Waals surface area contributed by atoms with Crippen molar-refractivity contribution in [3.8, 4) is 0 Å². The quantitative estimate of drug-likeness (QED) is 0.842. The molecule has 0 atom stereocenters. The molecule has 1 fully saturated rings. The van der Waals surface area contributed by atoms with E-state index in [4.69, 9.17) is 0 Å². The average Bonchev–Trinajstić information content (AvgIpc) is 3.01. The van der Waals surface area contributed by atoms with Crippen molar-refractivity contribution in [1.82, 2.24) is 0 Å². The Bertz CT molecular complexity index is 601. The van der Waals surface area contributed by atoms with Gasteiger partial charge in [0.2, 0.25) is 0 Å². The molecule has 3 heteroatoms. The molecule has 0 aliphatic carbocycles. The number of rotatable bonds is 4. The van der Waals surface area contributed by atoms with Gasteiger partial charge in [0.05, 0.1) is 0 Å². The summed E-state index contributed by atoms with van der Waals surface area (Å²) < 4.78 is 1.13. The lowest BCUT2D eigenvalue weighted by Gasteiger charge is -2.18. The van der Waals surface area contributed by atoms with Crippen LogP contribution < -0.4 is 10.2 Å². The number of anilines is 2. The topological polar surface area (TPSA) is 15.3 Å². The minimum absolute atomic E-state index is 0.864. The summed E-state index contributed by atoms with van der Waals surface area (Å²) in [6.45, 7) is 5.40. The smallest absolute Gasteiger partial charge is 0.0400 e. The van der Waals surface area contributed by atoms with Crippen LogP contribution in [-0.2, 0) is 6.54 Å². The molecular formula is C18H21BrN2. The fraction of sp³-hybridized carbons (Fsp3) is 0.333. The van der Waals surface area contributed by atoms with Gasteiger partial charge in [-0.1, -0.05) is 28.1 Å². The maximum Gasteiger partial charge on any atom is 0.0400 e. The molecule has 1 aliphatic rings. The van der Waals surface area contributed by atoms with E-state index in [1.165, 1.54) is 48.4 Å². The van der Waals surface area contributed by atoms with Gasteiger partial charge < -0.3 is 10.2 Å². The van der Waals surface area contributed by atoms with E-state index in [0.29, 0.717) is 0 Å². The predicted molar refractivity (Wildman–Crippen MR) is 94.1 cm³/mol. The highest BCUT2D eigenvalue weighted by atomic mass is 79.9. The van der Waals surface area contributed by atoms with E-state index >= 15 is 0 Å². The highest BCUT2D eigenvalue weighted by Gasteiger charge is 2.11. The monoisotopic (exact) mass is 344 g/mol. The van der Waals surface area contributed by atoms with Crippen LogP contribution in [0.1, 0.15) is 24.0 Å². The molecule has 3 rings (SSSR count). The SMILES string of the molecule is Cc1cc(Br)ccc1NCc1ccc(N2CCCC2)cc1. The summed E-state index contributed by atoms with van der Waals surface area (Å²) in [5.74, 6) is 0. The van der Waals surface area contributed by atoms with E-state index in [2.05, 4.69) is 75.5 Å². The molecule has 2 aromatic rings. The van der Waals surface area contributed by atoms with Crippen molar-refractivity contribution < 1.29 is 0 Å². The van der Waals surface area contributed by atoms with Gasteiger partial charge >= 0.3 is 0 Å². The molecule has 1 heterocycles. The van der Waals surface area contributed by atoms with E-state index in [-0.39, 0.29) is 0 Å². The third-order valence-corrected chi connectivity index (χ3v) is 4.57. The lowest BCUT2D eigenvalue weighted by Crippen LogP contribution is -2.17. The fourth-order valence-electron chi connectivity index (χ4n) is 2.82. The molecule has 0 aromatic heterocycles. The Morgan fingerprint density at radius 2 is 1.76 bits per heavy atom. The number of aryl methyl sites for hydroxylation is 1. The minimum atomic E-state index is 0.864. The standard InChI is InChI=1S/C18H21BrN2/c1-14-12-16(19)6-9-18(14)20-13-15-4-7-17(8-5-15)21-10-2-3-11-21/h4-9,12,20H,2-3,10-11,13H2,1H3. The average molecular weight is 345 g/mol. The van der Waals surface area contributed by atoms with Crippen molar-refractivity contribution in [1.29, 1.82) is 0 Å². The van der Waals surface area contributed by atoms with E-state index in [1.807, 2.05) is 0 Å². The molecule has 1 saturated heterocycles. The van der Waals surface area contributed by atoms with Gasteiger partial charge in [0.1, 0.15) is 0 Å². The number of hydrogen-bond acceptors (Lipinski definition) is 2. The molecule has 0 unspecified atom stereocenters. The lowest BCUT2D eigenvalue weighted by atomic mass is 10.1. The number of benzene rings is 2. The van der Waals surface area contributed by atoms with Crippen LogP contribution in [0.3, 0.4) is 0 Å². The summed E-state index contributed by atoms with van der Waals surface area (Å²) in [5, 5.41) is 3.51. The van der Waals surface area contributed by atoms with Crippen LogP contribution in [0.4, 0.5) is 11.4 Å². The van der Waals surface area contributed by atoms with Gasteiger partial charge in [-0.2, -0.15) is 0 Å². The summed E-state index contributed by atoms with van der Waals surface area (Å²) >= 11 is 3.50. The molecule has 0 radical (unpaired) electrons. The van der Waals surface area contributed by atoms with Crippen LogP contribution in [0.2, 0.25) is 0 Å². The van der Waals surface area contributed by atoms with Crippen molar-refractivity contribution in [2.75, 3.05) is 23.3 Å². The Morgan fingerprint density at radius 1 is 1.05 bits per heavy atom. The molecule has 2 aromatic carbocycles. The van der Waals surface area contributed by atoms with Crippen molar-refractivity contribution >= 4 is 27.3 Å². The Labute approximate surface area is 135 Å². The second-order valence-corrected chi connectivity index (χ2v) is 6.59. The summed E-state index contributed by atoms with van der Waals surface area (Å²) in [6, 6.07) is 15.3. The minimum Gasteiger partial charge on any atom is -0.381 e. The Balaban J connectivity index is 1.62. The van der Waals surface area contributed by atoms with Crippen LogP contribution in [0.5, 0.6) is 0 Å². The van der Waals surface area contributed by atoms with Crippen LogP contribution in [0, 0.1) is 6.92 Å². The van der Waals surface area contributed by atoms with E-state index < -0.39 is 0 Å². The van der Waals surface area contributed by atoms with E-state index in [9.17, 15) is 0 Å². The molecule has 1 aliphatic heterocycles. The largest absolute Gasteiger partial charge is 0.381 e. The number of nitrogens with one attached hydrogen (secondary N) is 1. The van der Waals surface area contributed by atoms with Gasteiger partial charge in [-0.25, -0.2) is 0 Å². The van der Waals surface area contributed by atoms with Gasteiger partial charge in [-0.15, -0.1) is 0 Å². The molecular weight excluding hydrogens is 324 g/mol. The summed E-state index contributed by atoms with van der Waals surface area (Å²) in [6.07, 6.45) is 2.65. The van der Waals surface area contributed by atoms with Crippen molar-refractivity contribution in [2.24, 2.45) is 0 Å². The second kappa shape index (κ2) is 6.52. The van der Waals surface area contributed by atoms with Gasteiger partial charge in [0.15, 0.2) is 0 Å². The molecule has 2 nitrogen and oxygen atoms in total. The first-order valence-corrected chi connectivity index (χ1v) is 8.35. The first kappa shape index (κ1) is 14.5. The maximum atomic E-state index is 3.51. The summed E-state index contributed by atoms with van der Waals surface area (Å²) in [7, 11) is 0. The zero-order valence-electron chi connectivity index (χ0n) is 12.4. The molecule has 0 bridgehead atoms. The Kier molecular flexibility index (Phi) is 4.49. The highest BCUT2D eigenvalue weighted by molar-refractivity contribution is 9.10. The zero-order valence-corrected chi connectivity index (χ0v) is 14.0. The van der Waals surface area contributed by atoms with Crippen LogP contribution in [0.15, 0.2) is 46.9 Å². The van der Waals surface area contributed by atoms with Crippen molar-refractivity contribution in [2.45, 2.75) is 26.3 Å². The third-order valence-electron chi connectivity index (χ3n) is 4.08. The normalized spacial score (nSPS) is 14.5. The van der Waals surface area contributed by atoms with Gasteiger partial charge in [0.25, 0.3) is 0 Å². The summed E-state index contributed by atoms with van der Waals surface area (Å²) in [5.41, 5.74) is 5.14. The first-order chi connectivity index (χ1) is 10.2. The maximum absolute atomic E-state index is 3.51.